The molecule has 1 aliphatic rings. The van der Waals surface area contributed by atoms with Crippen LogP contribution in [0.5, 0.6) is 0 Å². The summed E-state index contributed by atoms with van der Waals surface area (Å²) in [5, 5.41) is 3.66. The summed E-state index contributed by atoms with van der Waals surface area (Å²) in [6, 6.07) is 11.6. The summed E-state index contributed by atoms with van der Waals surface area (Å²) in [5.41, 5.74) is 1.49. The van der Waals surface area contributed by atoms with Gasteiger partial charge in [-0.1, -0.05) is 37.3 Å². The van der Waals surface area contributed by atoms with Gasteiger partial charge in [-0.05, 0) is 37.9 Å². The number of nitrogens with zero attached hydrogens (tertiary/aromatic N) is 1. The van der Waals surface area contributed by atoms with Gasteiger partial charge in [-0.25, -0.2) is 0 Å². The molecule has 2 rings (SSSR count). The van der Waals surface area contributed by atoms with E-state index >= 15 is 0 Å². The van der Waals surface area contributed by atoms with Crippen molar-refractivity contribution < 1.29 is 0 Å². The Labute approximate surface area is 105 Å². The molecule has 2 nitrogen and oxygen atoms in total. The molecule has 1 aromatic carbocycles. The molecule has 1 aliphatic heterocycles. The van der Waals surface area contributed by atoms with Crippen molar-refractivity contribution in [3.05, 3.63) is 35.9 Å². The molecule has 0 bridgehead atoms. The summed E-state index contributed by atoms with van der Waals surface area (Å²) in [5.74, 6) is 0.685. The van der Waals surface area contributed by atoms with Gasteiger partial charge in [0.2, 0.25) is 0 Å². The predicted octanol–water partition coefficient (Wildman–Crippen LogP) is 2.47. The van der Waals surface area contributed by atoms with Crippen LogP contribution in [0, 0.1) is 0 Å². The van der Waals surface area contributed by atoms with E-state index in [0.29, 0.717) is 12.0 Å². The van der Waals surface area contributed by atoms with Crippen molar-refractivity contribution in [3.63, 3.8) is 0 Å². The van der Waals surface area contributed by atoms with Crippen LogP contribution in [0.1, 0.15) is 31.2 Å². The van der Waals surface area contributed by atoms with Crippen LogP contribution in [0.4, 0.5) is 0 Å². The Morgan fingerprint density at radius 2 is 2.00 bits per heavy atom. The zero-order valence-corrected chi connectivity index (χ0v) is 11.0. The molecular formula is C15H24N2. The van der Waals surface area contributed by atoms with Crippen molar-refractivity contribution in [2.24, 2.45) is 0 Å². The smallest absolute Gasteiger partial charge is 0.0201 e. The van der Waals surface area contributed by atoms with Crippen LogP contribution in [-0.4, -0.2) is 37.6 Å². The van der Waals surface area contributed by atoms with Gasteiger partial charge in [-0.2, -0.15) is 0 Å². The molecule has 2 heteroatoms. The first kappa shape index (κ1) is 12.6. The number of piperidine rings is 1. The van der Waals surface area contributed by atoms with Gasteiger partial charge in [0.1, 0.15) is 0 Å². The van der Waals surface area contributed by atoms with Crippen LogP contribution in [-0.2, 0) is 0 Å². The van der Waals surface area contributed by atoms with E-state index < -0.39 is 0 Å². The van der Waals surface area contributed by atoms with Crippen molar-refractivity contribution in [2.45, 2.75) is 31.7 Å². The average molecular weight is 232 g/mol. The standard InChI is InChI=1S/C15H24N2/c1-3-9-16-15-10-14(11-17(2)12-15)13-7-5-4-6-8-13/h4-8,14-16H,3,9-12H2,1-2H3. The van der Waals surface area contributed by atoms with Crippen molar-refractivity contribution >= 4 is 0 Å². The van der Waals surface area contributed by atoms with Gasteiger partial charge in [-0.3, -0.25) is 0 Å². The fourth-order valence-electron chi connectivity index (χ4n) is 2.78. The quantitative estimate of drug-likeness (QED) is 0.858. The van der Waals surface area contributed by atoms with Crippen molar-refractivity contribution in [1.82, 2.24) is 10.2 Å². The topological polar surface area (TPSA) is 15.3 Å². The van der Waals surface area contributed by atoms with E-state index in [9.17, 15) is 0 Å². The molecule has 1 aromatic rings. The normalized spacial score (nSPS) is 26.0. The predicted molar refractivity (Wildman–Crippen MR) is 73.4 cm³/mol. The molecule has 17 heavy (non-hydrogen) atoms. The monoisotopic (exact) mass is 232 g/mol. The Morgan fingerprint density at radius 1 is 1.24 bits per heavy atom. The molecule has 0 aliphatic carbocycles. The number of hydrogen-bond acceptors (Lipinski definition) is 2. The van der Waals surface area contributed by atoms with Crippen molar-refractivity contribution in [2.75, 3.05) is 26.7 Å². The Hall–Kier alpha value is -0.860. The molecule has 1 saturated heterocycles. The molecular weight excluding hydrogens is 208 g/mol. The highest BCUT2D eigenvalue weighted by Crippen LogP contribution is 2.26. The summed E-state index contributed by atoms with van der Waals surface area (Å²) in [6.07, 6.45) is 2.49. The fourth-order valence-corrected chi connectivity index (χ4v) is 2.78. The largest absolute Gasteiger partial charge is 0.313 e. The highest BCUT2D eigenvalue weighted by Gasteiger charge is 2.25. The van der Waals surface area contributed by atoms with Gasteiger partial charge in [0.05, 0.1) is 0 Å². The Bertz CT molecular complexity index is 323. The second kappa shape index (κ2) is 6.18. The number of likely N-dealkylation sites (tertiary alicyclic amines) is 1. The van der Waals surface area contributed by atoms with E-state index in [1.165, 1.54) is 31.5 Å². The van der Waals surface area contributed by atoms with Gasteiger partial charge >= 0.3 is 0 Å². The molecule has 0 spiro atoms. The van der Waals surface area contributed by atoms with E-state index in [2.05, 4.69) is 54.5 Å². The third kappa shape index (κ3) is 3.55. The molecule has 0 amide bonds. The first-order valence-corrected chi connectivity index (χ1v) is 6.76. The number of rotatable bonds is 4. The summed E-state index contributed by atoms with van der Waals surface area (Å²) in [4.78, 5) is 2.45. The zero-order valence-electron chi connectivity index (χ0n) is 11.0. The fraction of sp³-hybridized carbons (Fsp3) is 0.600. The lowest BCUT2D eigenvalue weighted by molar-refractivity contribution is 0.205. The molecule has 0 saturated carbocycles. The van der Waals surface area contributed by atoms with Gasteiger partial charge in [0, 0.05) is 19.1 Å². The van der Waals surface area contributed by atoms with Gasteiger partial charge in [-0.15, -0.1) is 0 Å². The Kier molecular flexibility index (Phi) is 4.57. The molecule has 1 heterocycles. The van der Waals surface area contributed by atoms with Crippen LogP contribution in [0.25, 0.3) is 0 Å². The zero-order chi connectivity index (χ0) is 12.1. The van der Waals surface area contributed by atoms with Gasteiger partial charge in [0.15, 0.2) is 0 Å². The first-order chi connectivity index (χ1) is 8.29. The maximum atomic E-state index is 3.66. The summed E-state index contributed by atoms with van der Waals surface area (Å²) < 4.78 is 0. The van der Waals surface area contributed by atoms with Crippen LogP contribution >= 0.6 is 0 Å². The highest BCUT2D eigenvalue weighted by atomic mass is 15.1. The molecule has 0 radical (unpaired) electrons. The Morgan fingerprint density at radius 3 is 2.71 bits per heavy atom. The van der Waals surface area contributed by atoms with Gasteiger partial charge < -0.3 is 10.2 Å². The van der Waals surface area contributed by atoms with E-state index in [4.69, 9.17) is 0 Å². The summed E-state index contributed by atoms with van der Waals surface area (Å²) in [6.45, 7) is 5.74. The number of hydrogen-bond donors (Lipinski definition) is 1. The molecule has 94 valence electrons. The summed E-state index contributed by atoms with van der Waals surface area (Å²) in [7, 11) is 2.23. The van der Waals surface area contributed by atoms with E-state index in [1.807, 2.05) is 0 Å². The highest BCUT2D eigenvalue weighted by molar-refractivity contribution is 5.21. The van der Waals surface area contributed by atoms with Crippen LogP contribution in [0.15, 0.2) is 30.3 Å². The lowest BCUT2D eigenvalue weighted by atomic mass is 9.88. The number of nitrogens with one attached hydrogen (secondary N) is 1. The number of benzene rings is 1. The van der Waals surface area contributed by atoms with Gasteiger partial charge in [0.25, 0.3) is 0 Å². The van der Waals surface area contributed by atoms with Crippen molar-refractivity contribution in [3.8, 4) is 0 Å². The Balaban J connectivity index is 1.98. The third-order valence-corrected chi connectivity index (χ3v) is 3.59. The SMILES string of the molecule is CCCNC1CC(c2ccccc2)CN(C)C1. The second-order valence-corrected chi connectivity index (χ2v) is 5.22. The molecule has 2 unspecified atom stereocenters. The minimum Gasteiger partial charge on any atom is -0.313 e. The maximum Gasteiger partial charge on any atom is 0.0201 e. The van der Waals surface area contributed by atoms with Crippen LogP contribution < -0.4 is 5.32 Å². The summed E-state index contributed by atoms with van der Waals surface area (Å²) >= 11 is 0. The van der Waals surface area contributed by atoms with Crippen LogP contribution in [0.2, 0.25) is 0 Å². The lowest BCUT2D eigenvalue weighted by Crippen LogP contribution is -2.47. The maximum absolute atomic E-state index is 3.66. The first-order valence-electron chi connectivity index (χ1n) is 6.76. The molecule has 1 N–H and O–H groups in total. The van der Waals surface area contributed by atoms with E-state index in [0.717, 1.165) is 6.54 Å². The minimum absolute atomic E-state index is 0.652. The third-order valence-electron chi connectivity index (χ3n) is 3.59. The molecule has 0 aromatic heterocycles. The lowest BCUT2D eigenvalue weighted by Gasteiger charge is -2.36. The van der Waals surface area contributed by atoms with E-state index in [-0.39, 0.29) is 0 Å². The van der Waals surface area contributed by atoms with Crippen molar-refractivity contribution in [1.29, 1.82) is 0 Å². The second-order valence-electron chi connectivity index (χ2n) is 5.22. The molecule has 1 fully saturated rings. The van der Waals surface area contributed by atoms with E-state index in [1.54, 1.807) is 0 Å². The number of likely N-dealkylation sites (N-methyl/N-ethyl adjacent to an activating group) is 1. The van der Waals surface area contributed by atoms with Crippen LogP contribution in [0.3, 0.4) is 0 Å². The minimum atomic E-state index is 0.652. The average Bonchev–Trinajstić information content (AvgIpc) is 2.37. The molecule has 2 atom stereocenters.